The van der Waals surface area contributed by atoms with Gasteiger partial charge in [0.2, 0.25) is 5.91 Å². The Morgan fingerprint density at radius 3 is 2.56 bits per heavy atom. The van der Waals surface area contributed by atoms with Gasteiger partial charge in [-0.05, 0) is 43.9 Å². The second-order valence-electron chi connectivity index (χ2n) is 5.85. The summed E-state index contributed by atoms with van der Waals surface area (Å²) in [5.41, 5.74) is 3.88. The number of hydrogen-bond donors (Lipinski definition) is 1. The molecule has 0 atom stereocenters. The molecule has 0 spiro atoms. The molecule has 1 aliphatic heterocycles. The van der Waals surface area contributed by atoms with E-state index in [1.54, 1.807) is 0 Å². The predicted octanol–water partition coefficient (Wildman–Crippen LogP) is 3.64. The van der Waals surface area contributed by atoms with E-state index in [4.69, 9.17) is 0 Å². The summed E-state index contributed by atoms with van der Waals surface area (Å²) in [6.45, 7) is 2.27. The number of hydrazone groups is 1. The Morgan fingerprint density at radius 1 is 1.17 bits per heavy atom. The number of unbranched alkanes of at least 4 members (excludes halogenated alkanes) is 2. The van der Waals surface area contributed by atoms with Crippen molar-refractivity contribution in [1.29, 1.82) is 0 Å². The summed E-state index contributed by atoms with van der Waals surface area (Å²) in [5, 5.41) is 4.25. The molecule has 0 saturated heterocycles. The lowest BCUT2D eigenvalue weighted by Crippen LogP contribution is -2.31. The number of nitrogens with zero attached hydrogens (tertiary/aromatic N) is 1. The van der Waals surface area contributed by atoms with E-state index in [1.165, 1.54) is 57.1 Å². The van der Waals surface area contributed by atoms with Crippen LogP contribution in [0.15, 0.2) is 5.10 Å². The molecule has 1 saturated carbocycles. The Hall–Kier alpha value is -0.860. The van der Waals surface area contributed by atoms with Crippen molar-refractivity contribution in [3.63, 3.8) is 0 Å². The van der Waals surface area contributed by atoms with E-state index in [1.807, 2.05) is 0 Å². The van der Waals surface area contributed by atoms with E-state index in [-0.39, 0.29) is 5.91 Å². The molecule has 18 heavy (non-hydrogen) atoms. The molecule has 2 aliphatic rings. The molecular weight excluding hydrogens is 224 g/mol. The zero-order valence-corrected chi connectivity index (χ0v) is 11.6. The molecule has 3 heteroatoms. The molecule has 0 aromatic carbocycles. The average Bonchev–Trinajstić information content (AvgIpc) is 2.41. The fourth-order valence-corrected chi connectivity index (χ4v) is 3.25. The largest absolute Gasteiger partial charge is 0.273 e. The third-order valence-corrected chi connectivity index (χ3v) is 4.47. The van der Waals surface area contributed by atoms with Crippen molar-refractivity contribution < 1.29 is 4.79 Å². The summed E-state index contributed by atoms with van der Waals surface area (Å²) in [6, 6.07) is 0. The van der Waals surface area contributed by atoms with Crippen molar-refractivity contribution in [2.45, 2.75) is 71.1 Å². The topological polar surface area (TPSA) is 41.5 Å². The van der Waals surface area contributed by atoms with E-state index >= 15 is 0 Å². The van der Waals surface area contributed by atoms with E-state index in [0.29, 0.717) is 12.3 Å². The van der Waals surface area contributed by atoms with Gasteiger partial charge in [-0.2, -0.15) is 5.10 Å². The number of amides is 1. The number of nitrogens with one attached hydrogen (secondary N) is 1. The van der Waals surface area contributed by atoms with Crippen LogP contribution in [0.1, 0.15) is 71.1 Å². The maximum absolute atomic E-state index is 11.1. The van der Waals surface area contributed by atoms with Gasteiger partial charge >= 0.3 is 0 Å². The van der Waals surface area contributed by atoms with Gasteiger partial charge in [-0.25, -0.2) is 5.43 Å². The van der Waals surface area contributed by atoms with E-state index in [0.717, 1.165) is 12.3 Å². The first kappa shape index (κ1) is 13.6. The van der Waals surface area contributed by atoms with E-state index < -0.39 is 0 Å². The molecule has 1 aliphatic carbocycles. The van der Waals surface area contributed by atoms with Crippen molar-refractivity contribution in [1.82, 2.24) is 5.43 Å². The van der Waals surface area contributed by atoms with Crippen LogP contribution in [-0.4, -0.2) is 11.6 Å². The highest BCUT2D eigenvalue weighted by molar-refractivity contribution is 5.93. The SMILES string of the molecule is CCCCC[C@H]1CC[C@H](C2=NNC(=O)CC2)CC1. The van der Waals surface area contributed by atoms with Gasteiger partial charge in [-0.15, -0.1) is 0 Å². The van der Waals surface area contributed by atoms with Crippen LogP contribution in [0.25, 0.3) is 0 Å². The lowest BCUT2D eigenvalue weighted by atomic mass is 9.77. The minimum Gasteiger partial charge on any atom is -0.273 e. The highest BCUT2D eigenvalue weighted by Gasteiger charge is 2.26. The summed E-state index contributed by atoms with van der Waals surface area (Å²) >= 11 is 0. The number of hydrogen-bond acceptors (Lipinski definition) is 2. The minimum absolute atomic E-state index is 0.0759. The Kier molecular flexibility index (Phi) is 5.21. The molecule has 0 aromatic heterocycles. The van der Waals surface area contributed by atoms with Gasteiger partial charge in [0, 0.05) is 12.1 Å². The Morgan fingerprint density at radius 2 is 1.94 bits per heavy atom. The van der Waals surface area contributed by atoms with Crippen LogP contribution in [-0.2, 0) is 4.79 Å². The zero-order chi connectivity index (χ0) is 12.8. The Bertz CT molecular complexity index is 304. The molecular formula is C15H26N2O. The van der Waals surface area contributed by atoms with E-state index in [9.17, 15) is 4.79 Å². The third-order valence-electron chi connectivity index (χ3n) is 4.47. The second-order valence-corrected chi connectivity index (χ2v) is 5.85. The zero-order valence-electron chi connectivity index (χ0n) is 11.6. The van der Waals surface area contributed by atoms with Gasteiger partial charge in [-0.3, -0.25) is 4.79 Å². The first-order valence-electron chi connectivity index (χ1n) is 7.65. The lowest BCUT2D eigenvalue weighted by Gasteiger charge is -2.30. The maximum Gasteiger partial charge on any atom is 0.240 e. The van der Waals surface area contributed by atoms with Crippen LogP contribution in [0, 0.1) is 11.8 Å². The fraction of sp³-hybridized carbons (Fsp3) is 0.867. The van der Waals surface area contributed by atoms with Gasteiger partial charge in [0.1, 0.15) is 0 Å². The van der Waals surface area contributed by atoms with Crippen molar-refractivity contribution in [2.24, 2.45) is 16.9 Å². The van der Waals surface area contributed by atoms with Gasteiger partial charge in [0.05, 0.1) is 0 Å². The van der Waals surface area contributed by atoms with Crippen molar-refractivity contribution in [3.8, 4) is 0 Å². The summed E-state index contributed by atoms with van der Waals surface area (Å²) in [6.07, 6.45) is 12.4. The fourth-order valence-electron chi connectivity index (χ4n) is 3.25. The molecule has 2 rings (SSSR count). The standard InChI is InChI=1S/C15H26N2O/c1-2-3-4-5-12-6-8-13(9-7-12)14-10-11-15(18)17-16-14/h12-13H,2-11H2,1H3,(H,17,18)/t12-,13-. The summed E-state index contributed by atoms with van der Waals surface area (Å²) in [5.74, 6) is 1.67. The Balaban J connectivity index is 1.71. The molecule has 1 heterocycles. The molecule has 1 amide bonds. The Labute approximate surface area is 110 Å². The molecule has 0 aromatic rings. The van der Waals surface area contributed by atoms with Crippen LogP contribution in [0.2, 0.25) is 0 Å². The molecule has 0 radical (unpaired) electrons. The predicted molar refractivity (Wildman–Crippen MR) is 74.4 cm³/mol. The average molecular weight is 250 g/mol. The first-order chi connectivity index (χ1) is 8.79. The minimum atomic E-state index is 0.0759. The second kappa shape index (κ2) is 6.91. The summed E-state index contributed by atoms with van der Waals surface area (Å²) in [4.78, 5) is 11.1. The van der Waals surface area contributed by atoms with Crippen LogP contribution in [0.5, 0.6) is 0 Å². The molecule has 1 fully saturated rings. The highest BCUT2D eigenvalue weighted by atomic mass is 16.2. The smallest absolute Gasteiger partial charge is 0.240 e. The highest BCUT2D eigenvalue weighted by Crippen LogP contribution is 2.33. The molecule has 0 unspecified atom stereocenters. The first-order valence-corrected chi connectivity index (χ1v) is 7.65. The van der Waals surface area contributed by atoms with Crippen LogP contribution < -0.4 is 5.43 Å². The molecule has 3 nitrogen and oxygen atoms in total. The van der Waals surface area contributed by atoms with Crippen LogP contribution >= 0.6 is 0 Å². The lowest BCUT2D eigenvalue weighted by molar-refractivity contribution is -0.121. The van der Waals surface area contributed by atoms with Crippen molar-refractivity contribution >= 4 is 11.6 Å². The number of carbonyl (C=O) groups is 1. The molecule has 1 N–H and O–H groups in total. The number of rotatable bonds is 5. The monoisotopic (exact) mass is 250 g/mol. The van der Waals surface area contributed by atoms with Gasteiger partial charge in [0.25, 0.3) is 0 Å². The van der Waals surface area contributed by atoms with Gasteiger partial charge in [0.15, 0.2) is 0 Å². The van der Waals surface area contributed by atoms with Crippen LogP contribution in [0.3, 0.4) is 0 Å². The quantitative estimate of drug-likeness (QED) is 0.744. The van der Waals surface area contributed by atoms with Gasteiger partial charge in [-0.1, -0.05) is 32.6 Å². The van der Waals surface area contributed by atoms with Gasteiger partial charge < -0.3 is 0 Å². The third kappa shape index (κ3) is 3.82. The molecule has 0 bridgehead atoms. The van der Waals surface area contributed by atoms with Crippen molar-refractivity contribution in [2.75, 3.05) is 0 Å². The maximum atomic E-state index is 11.1. The summed E-state index contributed by atoms with van der Waals surface area (Å²) in [7, 11) is 0. The summed E-state index contributed by atoms with van der Waals surface area (Å²) < 4.78 is 0. The normalized spacial score (nSPS) is 28.7. The van der Waals surface area contributed by atoms with Crippen molar-refractivity contribution in [3.05, 3.63) is 0 Å². The van der Waals surface area contributed by atoms with E-state index in [2.05, 4.69) is 17.5 Å². The molecule has 102 valence electrons. The van der Waals surface area contributed by atoms with Crippen LogP contribution in [0.4, 0.5) is 0 Å². The number of carbonyl (C=O) groups excluding carboxylic acids is 1.